The van der Waals surface area contributed by atoms with Crippen LogP contribution in [0.25, 0.3) is 0 Å². The van der Waals surface area contributed by atoms with Crippen LogP contribution in [-0.2, 0) is 10.0 Å². The number of aryl methyl sites for hydroxylation is 2. The van der Waals surface area contributed by atoms with Crippen molar-refractivity contribution in [2.45, 2.75) is 50.8 Å². The third kappa shape index (κ3) is 3.41. The summed E-state index contributed by atoms with van der Waals surface area (Å²) in [7, 11) is -1.64. The molecule has 0 N–H and O–H groups in total. The highest BCUT2D eigenvalue weighted by atomic mass is 32.2. The Bertz CT molecular complexity index is 560. The van der Waals surface area contributed by atoms with Crippen LogP contribution in [0.3, 0.4) is 0 Å². The third-order valence-corrected chi connectivity index (χ3v) is 6.24. The van der Waals surface area contributed by atoms with Crippen LogP contribution in [0.2, 0.25) is 0 Å². The maximum absolute atomic E-state index is 12.7. The average Bonchev–Trinajstić information content (AvgIpc) is 2.39. The van der Waals surface area contributed by atoms with Gasteiger partial charge in [0.1, 0.15) is 0 Å². The van der Waals surface area contributed by atoms with Crippen molar-refractivity contribution in [3.8, 4) is 0 Å². The molecule has 1 aliphatic carbocycles. The zero-order valence-electron chi connectivity index (χ0n) is 12.7. The summed E-state index contributed by atoms with van der Waals surface area (Å²) in [4.78, 5) is 0.446. The minimum absolute atomic E-state index is 0.446. The number of hydrogen-bond donors (Lipinski definition) is 0. The molecule has 0 amide bonds. The first-order chi connectivity index (χ1) is 9.41. The lowest BCUT2D eigenvalue weighted by Crippen LogP contribution is -2.33. The first kappa shape index (κ1) is 15.5. The van der Waals surface area contributed by atoms with Gasteiger partial charge in [-0.1, -0.05) is 37.0 Å². The van der Waals surface area contributed by atoms with Crippen molar-refractivity contribution >= 4 is 10.0 Å². The highest BCUT2D eigenvalue weighted by molar-refractivity contribution is 7.89. The Morgan fingerprint density at radius 2 is 1.80 bits per heavy atom. The average molecular weight is 295 g/mol. The first-order valence-corrected chi connectivity index (χ1v) is 8.89. The third-order valence-electron chi connectivity index (χ3n) is 4.26. The predicted molar refractivity (Wildman–Crippen MR) is 82.3 cm³/mol. The fourth-order valence-corrected chi connectivity index (χ4v) is 4.54. The minimum Gasteiger partial charge on any atom is -0.207 e. The molecule has 20 heavy (non-hydrogen) atoms. The SMILES string of the molecule is Cc1ccc(S(=O)(=O)N(C)CC2CCCCC2)c(C)c1. The molecule has 0 radical (unpaired) electrons. The van der Waals surface area contributed by atoms with E-state index in [0.29, 0.717) is 17.4 Å². The Labute approximate surface area is 123 Å². The quantitative estimate of drug-likeness (QED) is 0.852. The van der Waals surface area contributed by atoms with Crippen LogP contribution >= 0.6 is 0 Å². The van der Waals surface area contributed by atoms with E-state index in [2.05, 4.69) is 0 Å². The Morgan fingerprint density at radius 3 is 2.40 bits per heavy atom. The number of rotatable bonds is 4. The summed E-state index contributed by atoms with van der Waals surface area (Å²) in [5.41, 5.74) is 1.93. The van der Waals surface area contributed by atoms with Crippen LogP contribution in [0.4, 0.5) is 0 Å². The summed E-state index contributed by atoms with van der Waals surface area (Å²) >= 11 is 0. The lowest BCUT2D eigenvalue weighted by molar-refractivity contribution is 0.300. The van der Waals surface area contributed by atoms with E-state index < -0.39 is 10.0 Å². The fraction of sp³-hybridized carbons (Fsp3) is 0.625. The second kappa shape index (κ2) is 6.27. The molecule has 1 aliphatic rings. The van der Waals surface area contributed by atoms with E-state index in [4.69, 9.17) is 0 Å². The highest BCUT2D eigenvalue weighted by Gasteiger charge is 2.25. The molecule has 0 bridgehead atoms. The Morgan fingerprint density at radius 1 is 1.15 bits per heavy atom. The Hall–Kier alpha value is -0.870. The topological polar surface area (TPSA) is 37.4 Å². The maximum Gasteiger partial charge on any atom is 0.243 e. The summed E-state index contributed by atoms with van der Waals surface area (Å²) in [5.74, 6) is 0.522. The molecule has 0 heterocycles. The number of benzene rings is 1. The molecular weight excluding hydrogens is 270 g/mol. The normalized spacial score (nSPS) is 17.6. The summed E-state index contributed by atoms with van der Waals surface area (Å²) in [6.07, 6.45) is 6.09. The minimum atomic E-state index is -3.35. The van der Waals surface area contributed by atoms with Crippen molar-refractivity contribution in [2.24, 2.45) is 5.92 Å². The maximum atomic E-state index is 12.7. The second-order valence-electron chi connectivity index (χ2n) is 6.06. The molecule has 3 nitrogen and oxygen atoms in total. The van der Waals surface area contributed by atoms with Crippen LogP contribution < -0.4 is 0 Å². The molecule has 4 heteroatoms. The van der Waals surface area contributed by atoms with Crippen molar-refractivity contribution in [3.05, 3.63) is 29.3 Å². The molecule has 112 valence electrons. The van der Waals surface area contributed by atoms with Crippen molar-refractivity contribution in [1.82, 2.24) is 4.31 Å². The molecule has 1 aromatic carbocycles. The van der Waals surface area contributed by atoms with Gasteiger partial charge in [-0.3, -0.25) is 0 Å². The second-order valence-corrected chi connectivity index (χ2v) is 8.07. The monoisotopic (exact) mass is 295 g/mol. The molecule has 0 unspecified atom stereocenters. The van der Waals surface area contributed by atoms with Gasteiger partial charge < -0.3 is 0 Å². The van der Waals surface area contributed by atoms with Gasteiger partial charge in [-0.25, -0.2) is 12.7 Å². The van der Waals surface area contributed by atoms with Crippen molar-refractivity contribution in [3.63, 3.8) is 0 Å². The molecule has 1 aromatic rings. The Kier molecular flexibility index (Phi) is 4.86. The molecule has 0 aliphatic heterocycles. The first-order valence-electron chi connectivity index (χ1n) is 7.45. The molecule has 0 saturated heterocycles. The number of sulfonamides is 1. The van der Waals surface area contributed by atoms with Crippen molar-refractivity contribution in [2.75, 3.05) is 13.6 Å². The largest absolute Gasteiger partial charge is 0.243 e. The van der Waals surface area contributed by atoms with E-state index in [1.165, 1.54) is 19.3 Å². The van der Waals surface area contributed by atoms with E-state index >= 15 is 0 Å². The van der Waals surface area contributed by atoms with Crippen molar-refractivity contribution in [1.29, 1.82) is 0 Å². The zero-order valence-corrected chi connectivity index (χ0v) is 13.5. The van der Waals surface area contributed by atoms with E-state index in [9.17, 15) is 8.42 Å². The summed E-state index contributed by atoms with van der Waals surface area (Å²) in [6.45, 7) is 4.50. The molecule has 0 aromatic heterocycles. The molecular formula is C16H25NO2S. The molecule has 0 atom stereocenters. The molecule has 1 fully saturated rings. The van der Waals surface area contributed by atoms with Crippen molar-refractivity contribution < 1.29 is 8.42 Å². The van der Waals surface area contributed by atoms with E-state index in [1.807, 2.05) is 26.0 Å². The lowest BCUT2D eigenvalue weighted by atomic mass is 9.89. The van der Waals surface area contributed by atoms with Gasteiger partial charge in [-0.15, -0.1) is 0 Å². The Balaban J connectivity index is 2.16. The molecule has 2 rings (SSSR count). The molecule has 0 spiro atoms. The number of nitrogens with zero attached hydrogens (tertiary/aromatic N) is 1. The smallest absolute Gasteiger partial charge is 0.207 e. The predicted octanol–water partition coefficient (Wildman–Crippen LogP) is 3.50. The zero-order chi connectivity index (χ0) is 14.8. The van der Waals surface area contributed by atoms with E-state index in [1.54, 1.807) is 17.4 Å². The van der Waals surface area contributed by atoms with Crippen LogP contribution in [0.15, 0.2) is 23.1 Å². The summed E-state index contributed by atoms with van der Waals surface area (Å²) in [5, 5.41) is 0. The van der Waals surface area contributed by atoms with Gasteiger partial charge in [-0.05, 0) is 44.2 Å². The van der Waals surface area contributed by atoms with Gasteiger partial charge >= 0.3 is 0 Å². The van der Waals surface area contributed by atoms with Gasteiger partial charge in [0.15, 0.2) is 0 Å². The van der Waals surface area contributed by atoms with Crippen LogP contribution in [0.1, 0.15) is 43.2 Å². The summed E-state index contributed by atoms with van der Waals surface area (Å²) in [6, 6.07) is 5.53. The summed E-state index contributed by atoms with van der Waals surface area (Å²) < 4.78 is 26.9. The van der Waals surface area contributed by atoms with Gasteiger partial charge in [-0.2, -0.15) is 0 Å². The van der Waals surface area contributed by atoms with Gasteiger partial charge in [0.2, 0.25) is 10.0 Å². The fourth-order valence-electron chi connectivity index (χ4n) is 3.09. The van der Waals surface area contributed by atoms with Crippen LogP contribution in [0.5, 0.6) is 0 Å². The van der Waals surface area contributed by atoms with E-state index in [0.717, 1.165) is 24.0 Å². The van der Waals surface area contributed by atoms with Gasteiger partial charge in [0.25, 0.3) is 0 Å². The highest BCUT2D eigenvalue weighted by Crippen LogP contribution is 2.27. The van der Waals surface area contributed by atoms with Crippen LogP contribution in [-0.4, -0.2) is 26.3 Å². The van der Waals surface area contributed by atoms with E-state index in [-0.39, 0.29) is 0 Å². The number of hydrogen-bond acceptors (Lipinski definition) is 2. The van der Waals surface area contributed by atoms with Gasteiger partial charge in [0.05, 0.1) is 4.90 Å². The molecule has 1 saturated carbocycles. The van der Waals surface area contributed by atoms with Crippen LogP contribution in [0, 0.1) is 19.8 Å². The van der Waals surface area contributed by atoms with Gasteiger partial charge in [0, 0.05) is 13.6 Å². The lowest BCUT2D eigenvalue weighted by Gasteiger charge is -2.27. The standard InChI is InChI=1S/C16H25NO2S/c1-13-9-10-16(14(2)11-13)20(18,19)17(3)12-15-7-5-4-6-8-15/h9-11,15H,4-8,12H2,1-3H3.